The molecule has 0 bridgehead atoms. The molecule has 0 radical (unpaired) electrons. The number of nitrogens with zero attached hydrogens (tertiary/aromatic N) is 12. The van der Waals surface area contributed by atoms with Crippen molar-refractivity contribution in [3.05, 3.63) is 35.4 Å². The van der Waals surface area contributed by atoms with E-state index in [9.17, 15) is 51.1 Å². The molecule has 0 amide bonds. The van der Waals surface area contributed by atoms with Gasteiger partial charge in [-0.2, -0.15) is 78.6 Å². The summed E-state index contributed by atoms with van der Waals surface area (Å²) in [6.45, 7) is 27.0. The highest BCUT2D eigenvalue weighted by Crippen LogP contribution is 2.48. The fourth-order valence-electron chi connectivity index (χ4n) is 16.6. The Morgan fingerprint density at radius 2 is 0.667 bits per heavy atom. The van der Waals surface area contributed by atoms with Crippen LogP contribution in [0.5, 0.6) is 0 Å². The number of hydrogen-bond acceptors (Lipinski definition) is 34. The molecule has 10 fully saturated rings. The van der Waals surface area contributed by atoms with Crippen molar-refractivity contribution < 1.29 is 82.7 Å². The van der Waals surface area contributed by atoms with Gasteiger partial charge in [-0.05, 0) is 128 Å². The molecule has 10 rings (SSSR count). The normalized spacial score (nSPS) is 35.0. The standard InChI is InChI=1S/C15H23BN4O3S.C15H26BN3O3S.C13H21BN2O4S.C12H21BN2O3S.C11H19BN2O4/c1-15(2)22-13-11(9-24-4)20(16(3)21)12(14(13)23-15)10(7-18)8-19-6-5-17;1-15(2)21-13-11(9-23-6)19(16(3)20)12(14(13)22-15)10(7-17)8-18(4)5;1-13(2)19-11-9(7-21-4)16(14(3)18)10(12(11)20-13)8(5-15)6-17;1-12(2)17-10-8(5-6-14)15(13(3)16)9(7-19-4)11(10)18-12;1-11(2)17-9-7(4-5-13)14(12(3)16)8(6-15)10(9)18-11/h8,11-14,19,21H,6,9H2,1-4H3;8,11-14,20H,9H2,1-6H3;6,9-12,17-18H,7H2,1-4H3;8-11,16H,5,7H2,1-4H3;7-10,15-16H,4,6H2,1-3H3/b2*10-8+;8-6+;;/t2*11-,12+,13-,14+;9-,10+,11-,12+;8-,9+,10-,11+;7-,8+,9-,10+/m11100/s1. The predicted molar refractivity (Wildman–Crippen MR) is 407 cm³/mol. The maximum Gasteiger partial charge on any atom is 0.377 e. The van der Waals surface area contributed by atoms with Crippen molar-refractivity contribution in [3.63, 3.8) is 0 Å². The minimum Gasteiger partial charge on any atom is -0.514 e. The molecule has 39 heteroatoms. The van der Waals surface area contributed by atoms with Crippen molar-refractivity contribution in [3.8, 4) is 36.4 Å². The molecule has 0 aromatic rings. The molecular weight excluding hydrogens is 1430 g/mol. The minimum absolute atomic E-state index is 0.000636. The zero-order chi connectivity index (χ0) is 78.8. The average molecular weight is 1540 g/mol. The number of nitrogens with one attached hydrogen (secondary N) is 1. The van der Waals surface area contributed by atoms with E-state index in [1.54, 1.807) is 97.0 Å². The molecular formula is C66H110B5N13O17S4. The molecule has 20 atom stereocenters. The Hall–Kier alpha value is -3.56. The average Bonchev–Trinajstić information content (AvgIpc) is 1.59. The predicted octanol–water partition coefficient (Wildman–Crippen LogP) is 3.07. The molecule has 0 unspecified atom stereocenters. The van der Waals surface area contributed by atoms with Gasteiger partial charge in [-0.1, -0.05) is 0 Å². The molecule has 8 N–H and O–H groups in total. The van der Waals surface area contributed by atoms with Crippen LogP contribution in [0, 0.1) is 68.0 Å². The maximum atomic E-state index is 10.3. The first-order valence-electron chi connectivity index (χ1n) is 35.3. The van der Waals surface area contributed by atoms with E-state index in [2.05, 4.69) is 29.6 Å². The summed E-state index contributed by atoms with van der Waals surface area (Å²) >= 11 is 6.73. The van der Waals surface area contributed by atoms with Crippen LogP contribution in [0.15, 0.2) is 35.4 Å². The van der Waals surface area contributed by atoms with E-state index in [1.165, 1.54) is 6.20 Å². The quantitative estimate of drug-likeness (QED) is 0.0254. The number of aliphatic hydroxyl groups is 2. The van der Waals surface area contributed by atoms with Gasteiger partial charge in [0.15, 0.2) is 28.9 Å². The van der Waals surface area contributed by atoms with Gasteiger partial charge in [0.1, 0.15) is 67.6 Å². The Labute approximate surface area is 640 Å². The highest BCUT2D eigenvalue weighted by atomic mass is 32.2. The molecule has 10 heterocycles. The fourth-order valence-corrected chi connectivity index (χ4v) is 19.4. The smallest absolute Gasteiger partial charge is 0.377 e. The second-order valence-corrected chi connectivity index (χ2v) is 33.5. The van der Waals surface area contributed by atoms with Crippen molar-refractivity contribution in [2.24, 2.45) is 0 Å². The molecule has 10 aliphatic heterocycles. The largest absolute Gasteiger partial charge is 0.514 e. The van der Waals surface area contributed by atoms with Crippen LogP contribution in [-0.4, -0.2) is 325 Å². The first-order valence-corrected chi connectivity index (χ1v) is 40.9. The SMILES string of the molecule is CB(O)N1[C@H](CO)[C@H]2OC(C)(C)O[C@H]2[C@@H]1CC#N.CSC[C@@H]1[C@H]2OC(C)(C)O[C@H]2[C@H](/C(C#N)=C/N(C)C)N1B(C)O.CSC[C@@H]1[C@H]2OC(C)(C)O[C@H]2[C@H](/C(C#N)=C/NCC#N)N1B(C)O.CSC[C@@H]1[C@H]2OC(C)(C)O[C@H]2[C@H](/C(C#N)=C/O)N1B(C)O.CSC[C@@H]1[C@H]2OC(C)(C)O[C@H]2[C@H](CC#N)N1B(C)O. The number of thioether (sulfide) groups is 4. The Morgan fingerprint density at radius 1 is 0.410 bits per heavy atom. The summed E-state index contributed by atoms with van der Waals surface area (Å²) in [4.78, 5) is 11.2. The van der Waals surface area contributed by atoms with Gasteiger partial charge in [0.25, 0.3) is 0 Å². The zero-order valence-electron chi connectivity index (χ0n) is 64.5. The summed E-state index contributed by atoms with van der Waals surface area (Å²) in [5.41, 5.74) is 1.18. The van der Waals surface area contributed by atoms with Gasteiger partial charge >= 0.3 is 35.3 Å². The molecule has 105 heavy (non-hydrogen) atoms. The number of rotatable bonds is 22. The summed E-state index contributed by atoms with van der Waals surface area (Å²) in [7, 11) is 0.212. The van der Waals surface area contributed by atoms with Crippen molar-refractivity contribution in [1.29, 1.82) is 31.6 Å². The topological polar surface area (TPSA) is 408 Å². The van der Waals surface area contributed by atoms with Gasteiger partial charge in [0.05, 0.1) is 103 Å². The van der Waals surface area contributed by atoms with Gasteiger partial charge in [-0.15, -0.1) is 0 Å². The number of hydrogen-bond donors (Lipinski definition) is 8. The number of aliphatic hydroxyl groups excluding tert-OH is 2. The summed E-state index contributed by atoms with van der Waals surface area (Å²) in [5, 5.41) is 127. The fraction of sp³-hybridized carbons (Fsp3) is 0.818. The van der Waals surface area contributed by atoms with E-state index >= 15 is 0 Å². The van der Waals surface area contributed by atoms with Crippen LogP contribution >= 0.6 is 47.0 Å². The van der Waals surface area contributed by atoms with Gasteiger partial charge in [0, 0.05) is 85.8 Å². The first kappa shape index (κ1) is 90.3. The summed E-state index contributed by atoms with van der Waals surface area (Å²) in [6.07, 6.45) is 10.4. The highest BCUT2D eigenvalue weighted by Gasteiger charge is 2.65. The Kier molecular flexibility index (Phi) is 33.2. The van der Waals surface area contributed by atoms with Crippen LogP contribution in [0.2, 0.25) is 34.1 Å². The summed E-state index contributed by atoms with van der Waals surface area (Å²) < 4.78 is 59.8. The zero-order valence-corrected chi connectivity index (χ0v) is 67.8. The first-order chi connectivity index (χ1) is 49.2. The van der Waals surface area contributed by atoms with E-state index in [4.69, 9.17) is 63.2 Å². The van der Waals surface area contributed by atoms with E-state index < -0.39 is 76.3 Å². The van der Waals surface area contributed by atoms with Gasteiger partial charge in [-0.3, -0.25) is 0 Å². The molecule has 0 spiro atoms. The molecule has 10 aliphatic rings. The molecule has 10 saturated heterocycles. The molecule has 0 aromatic carbocycles. The third-order valence-corrected chi connectivity index (χ3v) is 22.4. The lowest BCUT2D eigenvalue weighted by atomic mass is 9.81. The Balaban J connectivity index is 0.000000207. The number of fused-ring (bicyclic) bond motifs is 5. The lowest BCUT2D eigenvalue weighted by molar-refractivity contribution is -0.165. The number of ether oxygens (including phenoxy) is 10. The monoisotopic (exact) mass is 1540 g/mol. The molecule has 580 valence electrons. The van der Waals surface area contributed by atoms with Crippen LogP contribution in [0.25, 0.3) is 0 Å². The van der Waals surface area contributed by atoms with Crippen molar-refractivity contribution in [2.75, 3.05) is 75.3 Å². The van der Waals surface area contributed by atoms with Gasteiger partial charge in [0.2, 0.25) is 0 Å². The highest BCUT2D eigenvalue weighted by molar-refractivity contribution is 7.99. The van der Waals surface area contributed by atoms with Crippen molar-refractivity contribution >= 4 is 82.3 Å². The van der Waals surface area contributed by atoms with Crippen molar-refractivity contribution in [1.82, 2.24) is 34.3 Å². The Bertz CT molecular complexity index is 3230. The van der Waals surface area contributed by atoms with E-state index in [-0.39, 0.29) is 135 Å². The van der Waals surface area contributed by atoms with Gasteiger partial charge in [-0.25, -0.2) is 0 Å². The van der Waals surface area contributed by atoms with Crippen LogP contribution in [0.4, 0.5) is 0 Å². The van der Waals surface area contributed by atoms with Crippen LogP contribution < -0.4 is 5.32 Å². The molecule has 30 nitrogen and oxygen atoms in total. The van der Waals surface area contributed by atoms with E-state index in [1.807, 2.05) is 140 Å². The van der Waals surface area contributed by atoms with Gasteiger partial charge < -0.3 is 117 Å². The number of nitriles is 6. The van der Waals surface area contributed by atoms with Crippen LogP contribution in [0.3, 0.4) is 0 Å². The summed E-state index contributed by atoms with van der Waals surface area (Å²) in [5.74, 6) is -0.283. The van der Waals surface area contributed by atoms with E-state index in [0.717, 1.165) is 29.3 Å². The van der Waals surface area contributed by atoms with Crippen LogP contribution in [-0.2, 0) is 47.4 Å². The third-order valence-electron chi connectivity index (χ3n) is 19.7. The van der Waals surface area contributed by atoms with Crippen molar-refractivity contribution in [2.45, 2.75) is 267 Å². The minimum atomic E-state index is -0.767. The lowest BCUT2D eigenvalue weighted by Crippen LogP contribution is -2.51. The van der Waals surface area contributed by atoms with Crippen LogP contribution in [0.1, 0.15) is 82.1 Å². The second kappa shape index (κ2) is 38.6. The molecule has 0 saturated carbocycles. The Morgan fingerprint density at radius 3 is 0.924 bits per heavy atom. The second-order valence-electron chi connectivity index (χ2n) is 29.9. The third kappa shape index (κ3) is 21.0. The molecule has 0 aromatic heterocycles. The summed E-state index contributed by atoms with van der Waals surface area (Å²) in [6, 6.07) is 10.7. The molecule has 0 aliphatic carbocycles. The lowest BCUT2D eigenvalue weighted by Gasteiger charge is -2.34. The maximum absolute atomic E-state index is 10.3. The van der Waals surface area contributed by atoms with E-state index in [0.29, 0.717) is 17.6 Å².